The third kappa shape index (κ3) is 6.81. The smallest absolute Gasteiger partial charge is 0.161 e. The van der Waals surface area contributed by atoms with Gasteiger partial charge in [0.05, 0.1) is 41.6 Å². The van der Waals surface area contributed by atoms with Gasteiger partial charge in [-0.15, -0.1) is 0 Å². The highest BCUT2D eigenvalue weighted by Crippen LogP contribution is 2.46. The van der Waals surface area contributed by atoms with Crippen molar-refractivity contribution in [2.24, 2.45) is 5.73 Å². The van der Waals surface area contributed by atoms with Crippen molar-refractivity contribution in [2.75, 3.05) is 55.7 Å². The van der Waals surface area contributed by atoms with Gasteiger partial charge in [0.2, 0.25) is 0 Å². The number of ether oxygens (including phenoxy) is 5. The number of nitrogens with zero attached hydrogens (tertiary/aromatic N) is 1. The molecular formula is C35H44N2O6. The zero-order valence-corrected chi connectivity index (χ0v) is 26.2. The molecule has 0 aliphatic carbocycles. The average molecular weight is 589 g/mol. The second kappa shape index (κ2) is 14.9. The van der Waals surface area contributed by atoms with Gasteiger partial charge in [-0.25, -0.2) is 0 Å². The second-order valence-corrected chi connectivity index (χ2v) is 10.6. The Kier molecular flexibility index (Phi) is 11.1. The van der Waals surface area contributed by atoms with Crippen LogP contribution in [0.25, 0.3) is 21.5 Å². The Morgan fingerprint density at radius 3 is 2.02 bits per heavy atom. The average Bonchev–Trinajstić information content (AvgIpc) is 3.05. The van der Waals surface area contributed by atoms with Crippen LogP contribution in [-0.2, 0) is 11.2 Å². The lowest BCUT2D eigenvalue weighted by Crippen LogP contribution is -2.33. The zero-order chi connectivity index (χ0) is 30.9. The molecule has 1 unspecified atom stereocenters. The fraction of sp³-hybridized carbons (Fsp3) is 0.400. The highest BCUT2D eigenvalue weighted by Gasteiger charge is 2.30. The van der Waals surface area contributed by atoms with Crippen LogP contribution in [0.1, 0.15) is 48.4 Å². The molecule has 1 heterocycles. The third-order valence-corrected chi connectivity index (χ3v) is 8.13. The van der Waals surface area contributed by atoms with Crippen molar-refractivity contribution < 1.29 is 28.5 Å². The van der Waals surface area contributed by atoms with Gasteiger partial charge in [-0.05, 0) is 114 Å². The molecule has 0 saturated heterocycles. The first-order valence-electron chi connectivity index (χ1n) is 14.7. The van der Waals surface area contributed by atoms with Crippen molar-refractivity contribution >= 4 is 27.8 Å². The van der Waals surface area contributed by atoms with E-state index in [9.17, 15) is 4.79 Å². The van der Waals surface area contributed by atoms with E-state index in [4.69, 9.17) is 29.4 Å². The Morgan fingerprint density at radius 1 is 0.744 bits per heavy atom. The molecule has 43 heavy (non-hydrogen) atoms. The molecular weight excluding hydrogens is 544 g/mol. The van der Waals surface area contributed by atoms with Crippen LogP contribution < -0.4 is 29.4 Å². The molecule has 0 saturated carbocycles. The van der Waals surface area contributed by atoms with Crippen molar-refractivity contribution in [3.05, 3.63) is 65.2 Å². The lowest BCUT2D eigenvalue weighted by Gasteiger charge is -2.36. The van der Waals surface area contributed by atoms with Crippen molar-refractivity contribution in [1.29, 1.82) is 0 Å². The van der Waals surface area contributed by atoms with Crippen molar-refractivity contribution in [1.82, 2.24) is 4.90 Å². The van der Waals surface area contributed by atoms with Crippen molar-refractivity contribution in [2.45, 2.75) is 38.1 Å². The monoisotopic (exact) mass is 588 g/mol. The summed E-state index contributed by atoms with van der Waals surface area (Å²) in [6.45, 7) is 1.68. The van der Waals surface area contributed by atoms with Gasteiger partial charge in [0.15, 0.2) is 23.0 Å². The summed E-state index contributed by atoms with van der Waals surface area (Å²) in [5, 5.41) is 4.45. The highest BCUT2D eigenvalue weighted by atomic mass is 16.5. The fourth-order valence-corrected chi connectivity index (χ4v) is 5.86. The van der Waals surface area contributed by atoms with E-state index in [2.05, 4.69) is 54.4 Å². The van der Waals surface area contributed by atoms with Crippen LogP contribution in [0.3, 0.4) is 0 Å². The van der Waals surface area contributed by atoms with Gasteiger partial charge in [0, 0.05) is 13.0 Å². The Morgan fingerprint density at radius 2 is 1.40 bits per heavy atom. The Balaban J connectivity index is 0.000000467. The number of methoxy groups -OCH3 is 5. The van der Waals surface area contributed by atoms with E-state index < -0.39 is 0 Å². The molecule has 1 atom stereocenters. The largest absolute Gasteiger partial charge is 0.497 e. The quantitative estimate of drug-likeness (QED) is 0.124. The first kappa shape index (κ1) is 31.9. The zero-order valence-electron chi connectivity index (χ0n) is 26.2. The van der Waals surface area contributed by atoms with Crippen LogP contribution in [0.15, 0.2) is 48.5 Å². The highest BCUT2D eigenvalue weighted by molar-refractivity contribution is 6.11. The fourth-order valence-electron chi connectivity index (χ4n) is 5.86. The molecule has 0 bridgehead atoms. The summed E-state index contributed by atoms with van der Waals surface area (Å²) in [6.07, 6.45) is 5.74. The molecule has 8 heteroatoms. The predicted molar refractivity (Wildman–Crippen MR) is 172 cm³/mol. The van der Waals surface area contributed by atoms with Crippen LogP contribution in [0.5, 0.6) is 28.7 Å². The molecule has 8 nitrogen and oxygen atoms in total. The van der Waals surface area contributed by atoms with Crippen LogP contribution in [-0.4, -0.2) is 66.9 Å². The number of benzene rings is 4. The number of carbonyl (C=O) groups is 1. The van der Waals surface area contributed by atoms with E-state index in [0.717, 1.165) is 83.9 Å². The summed E-state index contributed by atoms with van der Waals surface area (Å²) in [7, 11) is 10.6. The summed E-state index contributed by atoms with van der Waals surface area (Å²) in [5.41, 5.74) is 8.92. The van der Waals surface area contributed by atoms with E-state index in [-0.39, 0.29) is 6.04 Å². The van der Waals surface area contributed by atoms with Gasteiger partial charge >= 0.3 is 0 Å². The maximum Gasteiger partial charge on any atom is 0.161 e. The maximum atomic E-state index is 9.74. The molecule has 1 aliphatic heterocycles. The van der Waals surface area contributed by atoms with E-state index in [1.807, 2.05) is 6.07 Å². The number of fused-ring (bicyclic) bond motifs is 4. The molecule has 4 aromatic rings. The molecule has 230 valence electrons. The molecule has 0 amide bonds. The van der Waals surface area contributed by atoms with Crippen molar-refractivity contribution in [3.8, 4) is 28.7 Å². The number of hydrogen-bond donors (Lipinski definition) is 1. The van der Waals surface area contributed by atoms with E-state index >= 15 is 0 Å². The topological polar surface area (TPSA) is 92.5 Å². The number of aldehydes is 1. The van der Waals surface area contributed by atoms with Gasteiger partial charge in [-0.2, -0.15) is 0 Å². The predicted octanol–water partition coefficient (Wildman–Crippen LogP) is 6.32. The number of rotatable bonds is 11. The van der Waals surface area contributed by atoms with E-state index in [1.54, 1.807) is 35.5 Å². The first-order valence-corrected chi connectivity index (χ1v) is 14.7. The molecule has 0 aromatic heterocycles. The second-order valence-electron chi connectivity index (χ2n) is 10.6. The number of nitrogens with two attached hydrogens (primary N) is 1. The minimum absolute atomic E-state index is 0.0330. The Hall–Kier alpha value is -4.01. The molecule has 0 fully saturated rings. The Labute approximate surface area is 254 Å². The molecule has 1 aliphatic rings. The van der Waals surface area contributed by atoms with E-state index in [0.29, 0.717) is 17.9 Å². The molecule has 0 spiro atoms. The number of carbonyl (C=O) groups excluding carboxylic acids is 1. The van der Waals surface area contributed by atoms with Crippen LogP contribution in [0.2, 0.25) is 0 Å². The Bertz CT molecular complexity index is 1550. The van der Waals surface area contributed by atoms with Gasteiger partial charge in [-0.3, -0.25) is 4.90 Å². The first-order chi connectivity index (χ1) is 20.9. The van der Waals surface area contributed by atoms with Crippen LogP contribution in [0.4, 0.5) is 0 Å². The normalized spacial score (nSPS) is 14.4. The summed E-state index contributed by atoms with van der Waals surface area (Å²) < 4.78 is 28.2. The number of hydrogen-bond acceptors (Lipinski definition) is 8. The van der Waals surface area contributed by atoms with Gasteiger partial charge in [0.25, 0.3) is 0 Å². The standard InChI is InChI=1S/C29H31NO5.C6H13NO/c1-30-10-9-18-12-25(32-3)26(33-4)14-21(18)29(30)24-11-17-7-8-19(31-2)13-20(17)22-15-27(34-5)28(35-6)16-23(22)24;7-5-3-1-2-4-6-8/h7-8,11-16,29H,9-10H2,1-6H3;6H,1-5,7H2. The number of unbranched alkanes of at least 4 members (excludes halogenated alkanes) is 3. The SMILES string of the molecule is COc1ccc2cc(C3c4cc(OC)c(OC)cc4CCN3C)c3cc(OC)c(OC)cc3c2c1.NCCCCCC=O. The van der Waals surface area contributed by atoms with Gasteiger partial charge in [0.1, 0.15) is 12.0 Å². The van der Waals surface area contributed by atoms with Gasteiger partial charge in [-0.1, -0.05) is 12.5 Å². The third-order valence-electron chi connectivity index (χ3n) is 8.13. The molecule has 5 rings (SSSR count). The number of likely N-dealkylation sites (N-methyl/N-ethyl adjacent to an activating group) is 1. The summed E-state index contributed by atoms with van der Waals surface area (Å²) in [5.74, 6) is 3.72. The van der Waals surface area contributed by atoms with Gasteiger partial charge < -0.3 is 34.2 Å². The molecule has 2 N–H and O–H groups in total. The lowest BCUT2D eigenvalue weighted by molar-refractivity contribution is -0.107. The minimum Gasteiger partial charge on any atom is -0.497 e. The van der Waals surface area contributed by atoms with Crippen molar-refractivity contribution in [3.63, 3.8) is 0 Å². The van der Waals surface area contributed by atoms with E-state index in [1.165, 1.54) is 16.7 Å². The summed E-state index contributed by atoms with van der Waals surface area (Å²) in [6, 6.07) is 16.9. The molecule has 4 aromatic carbocycles. The summed E-state index contributed by atoms with van der Waals surface area (Å²) in [4.78, 5) is 12.1. The molecule has 0 radical (unpaired) electrons. The maximum absolute atomic E-state index is 9.74. The minimum atomic E-state index is 0.0330. The van der Waals surface area contributed by atoms with Crippen LogP contribution in [0, 0.1) is 0 Å². The van der Waals surface area contributed by atoms with Crippen LogP contribution >= 0.6 is 0 Å². The summed E-state index contributed by atoms with van der Waals surface area (Å²) >= 11 is 0. The lowest BCUT2D eigenvalue weighted by atomic mass is 9.84.